The number of rotatable bonds is 10. The molecule has 0 bridgehead atoms. The second kappa shape index (κ2) is 15.2. The minimum atomic E-state index is -0.182. The van der Waals surface area contributed by atoms with Gasteiger partial charge in [0.2, 0.25) is 5.91 Å². The number of ether oxygens (including phenoxy) is 1. The molecule has 28 heavy (non-hydrogen) atoms. The topological polar surface area (TPSA) is 64.4 Å². The maximum Gasteiger partial charge on any atom is 0.217 e. The predicted molar refractivity (Wildman–Crippen MR) is 119 cm³/mol. The van der Waals surface area contributed by atoms with Gasteiger partial charge in [-0.1, -0.05) is 70.2 Å². The fourth-order valence-electron chi connectivity index (χ4n) is 3.14. The standard InChI is InChI=1S/C18H27NO.C6H13NO/c1-3-4-5-11-20-18-8-6-7-16(13-18)12-17-9-10-19-14-15(17)2;1-2-3-4-5-6(7)8/h6-8,12-13,15,19H,3-5,9-11,14H2,1-2H3;2-5H2,1H3,(H2,7,8). The lowest BCUT2D eigenvalue weighted by atomic mass is 9.93. The molecule has 3 N–H and O–H groups in total. The summed E-state index contributed by atoms with van der Waals surface area (Å²) in [5, 5.41) is 3.44. The maximum atomic E-state index is 10.1. The number of nitrogens with one attached hydrogen (secondary N) is 1. The first-order chi connectivity index (χ1) is 13.6. The van der Waals surface area contributed by atoms with E-state index in [4.69, 9.17) is 10.5 Å². The number of carbonyl (C=O) groups is 1. The minimum absolute atomic E-state index is 0.182. The summed E-state index contributed by atoms with van der Waals surface area (Å²) >= 11 is 0. The second-order valence-corrected chi connectivity index (χ2v) is 7.63. The third-order valence-electron chi connectivity index (χ3n) is 4.93. The summed E-state index contributed by atoms with van der Waals surface area (Å²) in [6.07, 6.45) is 10.9. The molecule has 1 aliphatic rings. The largest absolute Gasteiger partial charge is 0.494 e. The lowest BCUT2D eigenvalue weighted by molar-refractivity contribution is -0.118. The Balaban J connectivity index is 0.000000416. The molecule has 0 saturated carbocycles. The van der Waals surface area contributed by atoms with Crippen LogP contribution in [-0.4, -0.2) is 25.6 Å². The number of hydrogen-bond acceptors (Lipinski definition) is 3. The van der Waals surface area contributed by atoms with Crippen LogP contribution in [0.25, 0.3) is 6.08 Å². The van der Waals surface area contributed by atoms with E-state index in [0.29, 0.717) is 12.3 Å². The Morgan fingerprint density at radius 3 is 2.64 bits per heavy atom. The van der Waals surface area contributed by atoms with Crippen molar-refractivity contribution in [2.75, 3.05) is 19.7 Å². The molecule has 4 heteroatoms. The second-order valence-electron chi connectivity index (χ2n) is 7.63. The van der Waals surface area contributed by atoms with Gasteiger partial charge in [-0.3, -0.25) is 4.79 Å². The van der Waals surface area contributed by atoms with Crippen molar-refractivity contribution in [1.29, 1.82) is 0 Å². The number of amides is 1. The molecule has 1 aromatic carbocycles. The summed E-state index contributed by atoms with van der Waals surface area (Å²) in [6, 6.07) is 8.47. The van der Waals surface area contributed by atoms with Gasteiger partial charge in [0.25, 0.3) is 0 Å². The van der Waals surface area contributed by atoms with E-state index in [1.54, 1.807) is 5.57 Å². The van der Waals surface area contributed by atoms with Crippen LogP contribution in [0.5, 0.6) is 5.75 Å². The summed E-state index contributed by atoms with van der Waals surface area (Å²) in [7, 11) is 0. The smallest absolute Gasteiger partial charge is 0.217 e. The molecule has 158 valence electrons. The summed E-state index contributed by atoms with van der Waals surface area (Å²) in [6.45, 7) is 9.63. The molecule has 0 aliphatic carbocycles. The zero-order chi connectivity index (χ0) is 20.6. The van der Waals surface area contributed by atoms with E-state index in [9.17, 15) is 4.79 Å². The molecule has 2 rings (SSSR count). The number of carbonyl (C=O) groups excluding carboxylic acids is 1. The van der Waals surface area contributed by atoms with Crippen molar-refractivity contribution in [2.45, 2.75) is 72.1 Å². The summed E-state index contributed by atoms with van der Waals surface area (Å²) in [5.41, 5.74) is 7.71. The highest BCUT2D eigenvalue weighted by Gasteiger charge is 2.13. The fourth-order valence-corrected chi connectivity index (χ4v) is 3.14. The Labute approximate surface area is 171 Å². The molecule has 0 aromatic heterocycles. The van der Waals surface area contributed by atoms with E-state index in [1.807, 2.05) is 0 Å². The van der Waals surface area contributed by atoms with E-state index in [2.05, 4.69) is 56.4 Å². The first kappa shape index (κ1) is 24.2. The van der Waals surface area contributed by atoms with Crippen molar-refractivity contribution in [1.82, 2.24) is 5.32 Å². The highest BCUT2D eigenvalue weighted by atomic mass is 16.5. The average molecular weight is 389 g/mol. The van der Waals surface area contributed by atoms with Crippen LogP contribution in [0.1, 0.15) is 77.7 Å². The van der Waals surface area contributed by atoms with Crippen LogP contribution in [0.15, 0.2) is 29.8 Å². The third kappa shape index (κ3) is 11.1. The van der Waals surface area contributed by atoms with Gasteiger partial charge in [0.05, 0.1) is 6.61 Å². The Morgan fingerprint density at radius 1 is 1.21 bits per heavy atom. The lowest BCUT2D eigenvalue weighted by Gasteiger charge is -2.23. The summed E-state index contributed by atoms with van der Waals surface area (Å²) in [4.78, 5) is 10.1. The van der Waals surface area contributed by atoms with E-state index >= 15 is 0 Å². The summed E-state index contributed by atoms with van der Waals surface area (Å²) in [5.74, 6) is 1.45. The molecular formula is C24H40N2O2. The molecule has 1 aliphatic heterocycles. The quantitative estimate of drug-likeness (QED) is 0.533. The molecule has 1 fully saturated rings. The monoisotopic (exact) mass is 388 g/mol. The molecule has 0 radical (unpaired) electrons. The van der Waals surface area contributed by atoms with Crippen LogP contribution in [0, 0.1) is 5.92 Å². The van der Waals surface area contributed by atoms with E-state index < -0.39 is 0 Å². The van der Waals surface area contributed by atoms with Gasteiger partial charge in [-0.25, -0.2) is 0 Å². The van der Waals surface area contributed by atoms with Crippen LogP contribution < -0.4 is 15.8 Å². The van der Waals surface area contributed by atoms with Gasteiger partial charge in [0, 0.05) is 13.0 Å². The minimum Gasteiger partial charge on any atom is -0.494 e. The van der Waals surface area contributed by atoms with E-state index in [0.717, 1.165) is 57.6 Å². The number of nitrogens with two attached hydrogens (primary N) is 1. The van der Waals surface area contributed by atoms with Gasteiger partial charge >= 0.3 is 0 Å². The van der Waals surface area contributed by atoms with Crippen molar-refractivity contribution in [3.05, 3.63) is 35.4 Å². The van der Waals surface area contributed by atoms with Crippen LogP contribution in [-0.2, 0) is 4.79 Å². The number of piperidine rings is 1. The first-order valence-electron chi connectivity index (χ1n) is 11.0. The molecule has 0 spiro atoms. The predicted octanol–water partition coefficient (Wildman–Crippen LogP) is 5.32. The number of hydrogen-bond donors (Lipinski definition) is 2. The van der Waals surface area contributed by atoms with Crippen molar-refractivity contribution >= 4 is 12.0 Å². The van der Waals surface area contributed by atoms with Crippen molar-refractivity contribution in [3.63, 3.8) is 0 Å². The van der Waals surface area contributed by atoms with Crippen LogP contribution in [0.4, 0.5) is 0 Å². The average Bonchev–Trinajstić information content (AvgIpc) is 2.68. The molecule has 1 amide bonds. The lowest BCUT2D eigenvalue weighted by Crippen LogP contribution is -2.29. The van der Waals surface area contributed by atoms with Gasteiger partial charge in [-0.15, -0.1) is 0 Å². The molecule has 1 atom stereocenters. The third-order valence-corrected chi connectivity index (χ3v) is 4.93. The van der Waals surface area contributed by atoms with Gasteiger partial charge < -0.3 is 15.8 Å². The molecule has 4 nitrogen and oxygen atoms in total. The van der Waals surface area contributed by atoms with Crippen LogP contribution >= 0.6 is 0 Å². The SMILES string of the molecule is CCCCCC(N)=O.CCCCCOc1cccc(C=C2CCNCC2C)c1. The number of benzene rings is 1. The Kier molecular flexibility index (Phi) is 13.1. The molecule has 1 saturated heterocycles. The molecule has 1 unspecified atom stereocenters. The van der Waals surface area contributed by atoms with Crippen molar-refractivity contribution in [3.8, 4) is 5.75 Å². The highest BCUT2D eigenvalue weighted by molar-refractivity contribution is 5.73. The van der Waals surface area contributed by atoms with Gasteiger partial charge in [0.1, 0.15) is 5.75 Å². The molecule has 1 aromatic rings. The Bertz CT molecular complexity index is 584. The van der Waals surface area contributed by atoms with Gasteiger partial charge in [-0.05, 0) is 49.4 Å². The Morgan fingerprint density at radius 2 is 1.96 bits per heavy atom. The summed E-state index contributed by atoms with van der Waals surface area (Å²) < 4.78 is 5.82. The molecular weight excluding hydrogens is 348 g/mol. The van der Waals surface area contributed by atoms with Crippen molar-refractivity contribution in [2.24, 2.45) is 11.7 Å². The zero-order valence-electron chi connectivity index (χ0n) is 18.1. The normalized spacial score (nSPS) is 17.7. The zero-order valence-corrected chi connectivity index (χ0v) is 18.1. The van der Waals surface area contributed by atoms with Crippen molar-refractivity contribution < 1.29 is 9.53 Å². The number of primary amides is 1. The van der Waals surface area contributed by atoms with E-state index in [-0.39, 0.29) is 5.91 Å². The Hall–Kier alpha value is -1.81. The highest BCUT2D eigenvalue weighted by Crippen LogP contribution is 2.23. The first-order valence-corrected chi connectivity index (χ1v) is 11.0. The van der Waals surface area contributed by atoms with E-state index in [1.165, 1.54) is 18.4 Å². The fraction of sp³-hybridized carbons (Fsp3) is 0.625. The van der Waals surface area contributed by atoms with Crippen LogP contribution in [0.2, 0.25) is 0 Å². The number of unbranched alkanes of at least 4 members (excludes halogenated alkanes) is 4. The van der Waals surface area contributed by atoms with Crippen LogP contribution in [0.3, 0.4) is 0 Å². The molecule has 1 heterocycles. The van der Waals surface area contributed by atoms with Gasteiger partial charge in [-0.2, -0.15) is 0 Å². The van der Waals surface area contributed by atoms with Gasteiger partial charge in [0.15, 0.2) is 0 Å². The maximum absolute atomic E-state index is 10.1.